The Balaban J connectivity index is 2.12. The highest BCUT2D eigenvalue weighted by atomic mass is 19.1. The number of likely N-dealkylation sites (tertiary alicyclic amines) is 1. The Morgan fingerprint density at radius 3 is 2.58 bits per heavy atom. The second-order valence-electron chi connectivity index (χ2n) is 5.95. The molecule has 0 saturated carbocycles. The predicted octanol–water partition coefficient (Wildman–Crippen LogP) is 2.22. The molecule has 0 unspecified atom stereocenters. The smallest absolute Gasteiger partial charge is 0.407 e. The van der Waals surface area contributed by atoms with E-state index in [1.165, 1.54) is 4.90 Å². The Bertz CT molecular complexity index is 702. The maximum atomic E-state index is 14.3. The van der Waals surface area contributed by atoms with Crippen LogP contribution in [0.2, 0.25) is 0 Å². The monoisotopic (exact) mass is 370 g/mol. The molecule has 1 saturated heterocycles. The topological polar surface area (TPSA) is 119 Å². The first-order valence-corrected chi connectivity index (χ1v) is 7.96. The van der Waals surface area contributed by atoms with Crippen LogP contribution in [0, 0.1) is 21.8 Å². The number of carbonyl (C=O) groups excluding carboxylic acids is 1. The van der Waals surface area contributed by atoms with E-state index in [2.05, 4.69) is 4.74 Å². The van der Waals surface area contributed by atoms with Crippen LogP contribution in [0.15, 0.2) is 12.1 Å². The molecule has 0 spiro atoms. The van der Waals surface area contributed by atoms with Crippen LogP contribution in [0.25, 0.3) is 0 Å². The predicted molar refractivity (Wildman–Crippen MR) is 86.6 cm³/mol. The molecule has 0 bridgehead atoms. The van der Waals surface area contributed by atoms with Crippen molar-refractivity contribution in [2.24, 2.45) is 5.92 Å². The van der Waals surface area contributed by atoms with Crippen LogP contribution in [-0.2, 0) is 16.0 Å². The molecule has 9 nitrogen and oxygen atoms in total. The highest BCUT2D eigenvalue weighted by Crippen LogP contribution is 2.32. The van der Waals surface area contributed by atoms with Gasteiger partial charge in [-0.05, 0) is 30.7 Å². The third-order valence-electron chi connectivity index (χ3n) is 4.29. The van der Waals surface area contributed by atoms with Gasteiger partial charge in [-0.25, -0.2) is 14.0 Å². The molecule has 1 amide bonds. The van der Waals surface area contributed by atoms with Crippen LogP contribution in [0.1, 0.15) is 18.4 Å². The molecule has 142 valence electrons. The summed E-state index contributed by atoms with van der Waals surface area (Å²) in [5.74, 6) is -1.73. The van der Waals surface area contributed by atoms with E-state index in [4.69, 9.17) is 9.84 Å². The number of amides is 1. The average Bonchev–Trinajstić information content (AvgIpc) is 2.61. The van der Waals surface area contributed by atoms with E-state index in [0.29, 0.717) is 25.9 Å². The Hall–Kier alpha value is -2.91. The summed E-state index contributed by atoms with van der Waals surface area (Å²) >= 11 is 0. The third kappa shape index (κ3) is 4.80. The first-order valence-electron chi connectivity index (χ1n) is 7.96. The standard InChI is InChI=1S/C16H19FN2O7/c1-25-15(20)9-26-14-8-12(17)11(7-13(14)19(23)24)6-10-2-4-18(5-3-10)16(21)22/h7-8,10H,2-6,9H2,1H3,(H,21,22). The molecule has 0 aliphatic carbocycles. The van der Waals surface area contributed by atoms with Gasteiger partial charge >= 0.3 is 17.7 Å². The number of nitro benzene ring substituents is 1. The number of hydrogen-bond donors (Lipinski definition) is 1. The summed E-state index contributed by atoms with van der Waals surface area (Å²) < 4.78 is 23.7. The van der Waals surface area contributed by atoms with Gasteiger partial charge in [-0.15, -0.1) is 0 Å². The average molecular weight is 370 g/mol. The van der Waals surface area contributed by atoms with Gasteiger partial charge in [0, 0.05) is 25.2 Å². The zero-order valence-electron chi connectivity index (χ0n) is 14.1. The Morgan fingerprint density at radius 1 is 1.38 bits per heavy atom. The number of carbonyl (C=O) groups is 2. The van der Waals surface area contributed by atoms with Crippen molar-refractivity contribution in [3.05, 3.63) is 33.6 Å². The van der Waals surface area contributed by atoms with E-state index < -0.39 is 35.1 Å². The zero-order valence-corrected chi connectivity index (χ0v) is 14.1. The Morgan fingerprint density at radius 2 is 2.04 bits per heavy atom. The molecule has 2 rings (SSSR count). The number of nitrogens with zero attached hydrogens (tertiary/aromatic N) is 2. The van der Waals surface area contributed by atoms with Gasteiger partial charge in [0.05, 0.1) is 12.0 Å². The minimum atomic E-state index is -0.989. The molecule has 26 heavy (non-hydrogen) atoms. The summed E-state index contributed by atoms with van der Waals surface area (Å²) in [6, 6.07) is 1.99. The molecule has 10 heteroatoms. The van der Waals surface area contributed by atoms with Crippen LogP contribution in [-0.4, -0.2) is 53.8 Å². The van der Waals surface area contributed by atoms with Gasteiger partial charge in [-0.3, -0.25) is 10.1 Å². The van der Waals surface area contributed by atoms with Crippen LogP contribution >= 0.6 is 0 Å². The summed E-state index contributed by atoms with van der Waals surface area (Å²) in [6.45, 7) is 0.137. The molecule has 1 aromatic rings. The Kier molecular flexibility index (Phi) is 6.31. The molecule has 0 atom stereocenters. The third-order valence-corrected chi connectivity index (χ3v) is 4.29. The fourth-order valence-corrected chi connectivity index (χ4v) is 2.84. The molecule has 1 N–H and O–H groups in total. The second kappa shape index (κ2) is 8.45. The molecule has 1 aliphatic rings. The fraction of sp³-hybridized carbons (Fsp3) is 0.500. The van der Waals surface area contributed by atoms with Crippen molar-refractivity contribution in [2.45, 2.75) is 19.3 Å². The van der Waals surface area contributed by atoms with E-state index in [0.717, 1.165) is 19.2 Å². The number of benzene rings is 1. The number of piperidine rings is 1. The number of esters is 1. The quantitative estimate of drug-likeness (QED) is 0.463. The van der Waals surface area contributed by atoms with Gasteiger partial charge in [-0.1, -0.05) is 0 Å². The van der Waals surface area contributed by atoms with Crippen LogP contribution < -0.4 is 4.74 Å². The zero-order chi connectivity index (χ0) is 19.3. The van der Waals surface area contributed by atoms with Crippen molar-refractivity contribution in [3.63, 3.8) is 0 Å². The van der Waals surface area contributed by atoms with Crippen LogP contribution in [0.3, 0.4) is 0 Å². The van der Waals surface area contributed by atoms with E-state index in [1.807, 2.05) is 0 Å². The van der Waals surface area contributed by atoms with Crippen molar-refractivity contribution >= 4 is 17.7 Å². The Labute approximate surface area is 148 Å². The van der Waals surface area contributed by atoms with Crippen molar-refractivity contribution in [1.29, 1.82) is 0 Å². The second-order valence-corrected chi connectivity index (χ2v) is 5.95. The molecular weight excluding hydrogens is 351 g/mol. The lowest BCUT2D eigenvalue weighted by Crippen LogP contribution is -2.37. The SMILES string of the molecule is COC(=O)COc1cc(F)c(CC2CCN(C(=O)O)CC2)cc1[N+](=O)[O-]. The summed E-state index contributed by atoms with van der Waals surface area (Å²) in [5, 5.41) is 20.2. The molecule has 0 radical (unpaired) electrons. The maximum Gasteiger partial charge on any atom is 0.407 e. The fourth-order valence-electron chi connectivity index (χ4n) is 2.84. The van der Waals surface area contributed by atoms with Gasteiger partial charge in [0.2, 0.25) is 5.75 Å². The minimum absolute atomic E-state index is 0.0292. The summed E-state index contributed by atoms with van der Waals surface area (Å²) in [7, 11) is 1.14. The molecule has 1 fully saturated rings. The first kappa shape index (κ1) is 19.4. The molecule has 1 aliphatic heterocycles. The number of rotatable bonds is 6. The van der Waals surface area contributed by atoms with E-state index >= 15 is 0 Å². The first-order chi connectivity index (χ1) is 12.3. The lowest BCUT2D eigenvalue weighted by atomic mass is 9.90. The molecular formula is C16H19FN2O7. The number of methoxy groups -OCH3 is 1. The van der Waals surface area contributed by atoms with Crippen molar-refractivity contribution in [3.8, 4) is 5.75 Å². The molecule has 1 heterocycles. The lowest BCUT2D eigenvalue weighted by molar-refractivity contribution is -0.385. The molecule has 1 aromatic carbocycles. The number of hydrogen-bond acceptors (Lipinski definition) is 6. The summed E-state index contributed by atoms with van der Waals surface area (Å²) in [6.07, 6.45) is 0.384. The number of carboxylic acid groups (broad SMARTS) is 1. The van der Waals surface area contributed by atoms with E-state index in [1.54, 1.807) is 0 Å². The van der Waals surface area contributed by atoms with Crippen molar-refractivity contribution in [2.75, 3.05) is 26.8 Å². The van der Waals surface area contributed by atoms with Crippen molar-refractivity contribution < 1.29 is 33.5 Å². The van der Waals surface area contributed by atoms with Gasteiger partial charge in [-0.2, -0.15) is 0 Å². The largest absolute Gasteiger partial charge is 0.475 e. The number of nitro groups is 1. The lowest BCUT2D eigenvalue weighted by Gasteiger charge is -2.30. The van der Waals surface area contributed by atoms with Crippen LogP contribution in [0.4, 0.5) is 14.9 Å². The minimum Gasteiger partial charge on any atom is -0.475 e. The maximum absolute atomic E-state index is 14.3. The summed E-state index contributed by atoms with van der Waals surface area (Å²) in [5.41, 5.74) is -0.274. The molecule has 0 aromatic heterocycles. The van der Waals surface area contributed by atoms with E-state index in [9.17, 15) is 24.1 Å². The van der Waals surface area contributed by atoms with Gasteiger partial charge in [0.1, 0.15) is 5.82 Å². The summed E-state index contributed by atoms with van der Waals surface area (Å²) in [4.78, 5) is 33.8. The van der Waals surface area contributed by atoms with Gasteiger partial charge in [0.25, 0.3) is 0 Å². The number of halogens is 1. The highest BCUT2D eigenvalue weighted by molar-refractivity contribution is 5.71. The normalized spacial score (nSPS) is 14.8. The van der Waals surface area contributed by atoms with Crippen molar-refractivity contribution in [1.82, 2.24) is 4.90 Å². The van der Waals surface area contributed by atoms with E-state index in [-0.39, 0.29) is 23.7 Å². The van der Waals surface area contributed by atoms with Gasteiger partial charge in [0.15, 0.2) is 6.61 Å². The van der Waals surface area contributed by atoms with Gasteiger partial charge < -0.3 is 19.5 Å². The highest BCUT2D eigenvalue weighted by Gasteiger charge is 2.26. The number of ether oxygens (including phenoxy) is 2. The van der Waals surface area contributed by atoms with Crippen LogP contribution in [0.5, 0.6) is 5.75 Å².